The van der Waals surface area contributed by atoms with Crippen LogP contribution in [0.4, 0.5) is 10.5 Å². The van der Waals surface area contributed by atoms with Crippen molar-refractivity contribution in [3.05, 3.63) is 28.3 Å². The van der Waals surface area contributed by atoms with Gasteiger partial charge in [-0.15, -0.1) is 0 Å². The fourth-order valence-corrected chi connectivity index (χ4v) is 2.74. The zero-order valence-corrected chi connectivity index (χ0v) is 14.1. The van der Waals surface area contributed by atoms with E-state index in [0.29, 0.717) is 17.1 Å². The molecule has 0 saturated heterocycles. The molecular formula is C14H21ClN2O3S. The van der Waals surface area contributed by atoms with E-state index in [2.05, 4.69) is 10.6 Å². The van der Waals surface area contributed by atoms with Gasteiger partial charge in [-0.05, 0) is 30.0 Å². The summed E-state index contributed by atoms with van der Waals surface area (Å²) in [6.07, 6.45) is 2.60. The molecule has 0 bridgehead atoms. The average Bonchev–Trinajstić information content (AvgIpc) is 2.37. The minimum atomic E-state index is -3.09. The predicted molar refractivity (Wildman–Crippen MR) is 86.9 cm³/mol. The molecule has 0 unspecified atom stereocenters. The standard InChI is InChI=1S/C14H21ClN2O3S/c1-4-10-6-7-12(15)11(5-2)13(10)17-14(18)16-8-9-21(3,19)20/h6-7H,4-5,8-9H2,1-3H3,(H2,16,17,18). The molecule has 0 aliphatic carbocycles. The molecular weight excluding hydrogens is 312 g/mol. The summed E-state index contributed by atoms with van der Waals surface area (Å²) in [5, 5.41) is 5.93. The first-order valence-electron chi connectivity index (χ1n) is 6.81. The number of carbonyl (C=O) groups is 1. The van der Waals surface area contributed by atoms with Crippen LogP contribution < -0.4 is 10.6 Å². The Morgan fingerprint density at radius 3 is 2.43 bits per heavy atom. The first-order valence-corrected chi connectivity index (χ1v) is 9.25. The Morgan fingerprint density at radius 1 is 1.24 bits per heavy atom. The van der Waals surface area contributed by atoms with Crippen molar-refractivity contribution in [1.82, 2.24) is 5.32 Å². The maximum Gasteiger partial charge on any atom is 0.319 e. The average molecular weight is 333 g/mol. The SMILES string of the molecule is CCc1ccc(Cl)c(CC)c1NC(=O)NCCS(C)(=O)=O. The molecule has 0 atom stereocenters. The van der Waals surface area contributed by atoms with E-state index in [4.69, 9.17) is 11.6 Å². The first-order chi connectivity index (χ1) is 9.78. The third-order valence-electron chi connectivity index (χ3n) is 3.07. The van der Waals surface area contributed by atoms with Gasteiger partial charge in [-0.25, -0.2) is 13.2 Å². The summed E-state index contributed by atoms with van der Waals surface area (Å²) in [7, 11) is -3.09. The lowest BCUT2D eigenvalue weighted by Gasteiger charge is -2.16. The lowest BCUT2D eigenvalue weighted by atomic mass is 10.0. The third kappa shape index (κ3) is 5.55. The fourth-order valence-electron chi connectivity index (χ4n) is 1.97. The Balaban J connectivity index is 2.82. The molecule has 0 aliphatic heterocycles. The molecule has 0 spiro atoms. The summed E-state index contributed by atoms with van der Waals surface area (Å²) < 4.78 is 22.1. The van der Waals surface area contributed by atoms with E-state index < -0.39 is 15.9 Å². The Morgan fingerprint density at radius 2 is 1.90 bits per heavy atom. The number of amides is 2. The molecule has 0 aromatic heterocycles. The maximum atomic E-state index is 11.9. The molecule has 1 aromatic carbocycles. The number of hydrogen-bond acceptors (Lipinski definition) is 3. The largest absolute Gasteiger partial charge is 0.337 e. The number of urea groups is 1. The first kappa shape index (κ1) is 17.8. The highest BCUT2D eigenvalue weighted by atomic mass is 35.5. The Hall–Kier alpha value is -1.27. The summed E-state index contributed by atoms with van der Waals surface area (Å²) >= 11 is 6.16. The lowest BCUT2D eigenvalue weighted by Crippen LogP contribution is -2.33. The summed E-state index contributed by atoms with van der Waals surface area (Å²) in [5.41, 5.74) is 2.59. The number of rotatable bonds is 6. The highest BCUT2D eigenvalue weighted by Gasteiger charge is 2.13. The van der Waals surface area contributed by atoms with Crippen molar-refractivity contribution in [3.8, 4) is 0 Å². The number of aryl methyl sites for hydroxylation is 1. The summed E-state index contributed by atoms with van der Waals surface area (Å²) in [5.74, 6) is -0.0861. The number of halogens is 1. The fraction of sp³-hybridized carbons (Fsp3) is 0.500. The number of benzene rings is 1. The van der Waals surface area contributed by atoms with Crippen molar-refractivity contribution in [3.63, 3.8) is 0 Å². The van der Waals surface area contributed by atoms with Crippen molar-refractivity contribution < 1.29 is 13.2 Å². The smallest absolute Gasteiger partial charge is 0.319 e. The Kier molecular flexibility index (Phi) is 6.48. The van der Waals surface area contributed by atoms with E-state index >= 15 is 0 Å². The van der Waals surface area contributed by atoms with E-state index in [-0.39, 0.29) is 12.3 Å². The zero-order valence-electron chi connectivity index (χ0n) is 12.5. The van der Waals surface area contributed by atoms with E-state index in [9.17, 15) is 13.2 Å². The topological polar surface area (TPSA) is 75.3 Å². The van der Waals surface area contributed by atoms with Crippen LogP contribution in [-0.2, 0) is 22.7 Å². The van der Waals surface area contributed by atoms with Gasteiger partial charge in [-0.2, -0.15) is 0 Å². The van der Waals surface area contributed by atoms with Crippen LogP contribution in [0.5, 0.6) is 0 Å². The molecule has 1 aromatic rings. The molecule has 2 N–H and O–H groups in total. The summed E-state index contributed by atoms with van der Waals surface area (Å²) in [4.78, 5) is 11.9. The molecule has 7 heteroatoms. The normalized spacial score (nSPS) is 11.2. The second-order valence-corrected chi connectivity index (χ2v) is 7.44. The van der Waals surface area contributed by atoms with Crippen molar-refractivity contribution in [1.29, 1.82) is 0 Å². The van der Waals surface area contributed by atoms with Crippen LogP contribution in [0, 0.1) is 0 Å². The van der Waals surface area contributed by atoms with Gasteiger partial charge in [0.25, 0.3) is 0 Å². The van der Waals surface area contributed by atoms with E-state index in [1.807, 2.05) is 26.0 Å². The van der Waals surface area contributed by atoms with Gasteiger partial charge in [0.15, 0.2) is 0 Å². The molecule has 0 radical (unpaired) electrons. The van der Waals surface area contributed by atoms with Crippen LogP contribution in [0.25, 0.3) is 0 Å². The van der Waals surface area contributed by atoms with E-state index in [1.165, 1.54) is 0 Å². The quantitative estimate of drug-likeness (QED) is 0.840. The third-order valence-corrected chi connectivity index (χ3v) is 4.37. The molecule has 1 rings (SSSR count). The molecule has 0 aliphatic rings. The van der Waals surface area contributed by atoms with Crippen molar-refractivity contribution in [2.75, 3.05) is 23.9 Å². The second kappa shape index (κ2) is 7.66. The van der Waals surface area contributed by atoms with E-state index in [0.717, 1.165) is 23.8 Å². The zero-order chi connectivity index (χ0) is 16.0. The van der Waals surface area contributed by atoms with Gasteiger partial charge in [0, 0.05) is 17.8 Å². The summed E-state index contributed by atoms with van der Waals surface area (Å²) in [6, 6.07) is 3.28. The minimum Gasteiger partial charge on any atom is -0.337 e. The van der Waals surface area contributed by atoms with Crippen LogP contribution >= 0.6 is 11.6 Å². The predicted octanol–water partition coefficient (Wildman–Crippen LogP) is 2.63. The van der Waals surface area contributed by atoms with Crippen LogP contribution in [0.3, 0.4) is 0 Å². The molecule has 2 amide bonds. The van der Waals surface area contributed by atoms with Crippen molar-refractivity contribution in [2.45, 2.75) is 26.7 Å². The molecule has 0 saturated carbocycles. The van der Waals surface area contributed by atoms with Gasteiger partial charge >= 0.3 is 6.03 Å². The second-order valence-electron chi connectivity index (χ2n) is 4.78. The van der Waals surface area contributed by atoms with Gasteiger partial charge in [-0.3, -0.25) is 0 Å². The van der Waals surface area contributed by atoms with Gasteiger partial charge in [0.1, 0.15) is 9.84 Å². The number of sulfone groups is 1. The van der Waals surface area contributed by atoms with Crippen LogP contribution in [0.2, 0.25) is 5.02 Å². The monoisotopic (exact) mass is 332 g/mol. The van der Waals surface area contributed by atoms with Gasteiger partial charge in [0.2, 0.25) is 0 Å². The molecule has 0 heterocycles. The molecule has 5 nitrogen and oxygen atoms in total. The maximum absolute atomic E-state index is 11.9. The van der Waals surface area contributed by atoms with Crippen molar-refractivity contribution in [2.24, 2.45) is 0 Å². The Labute approximate surface area is 131 Å². The number of hydrogen-bond donors (Lipinski definition) is 2. The Bertz CT molecular complexity index is 615. The van der Waals surface area contributed by atoms with Crippen molar-refractivity contribution >= 4 is 33.2 Å². The number of anilines is 1. The van der Waals surface area contributed by atoms with Gasteiger partial charge in [-0.1, -0.05) is 31.5 Å². The van der Waals surface area contributed by atoms with E-state index in [1.54, 1.807) is 0 Å². The molecule has 0 fully saturated rings. The van der Waals surface area contributed by atoms with Crippen LogP contribution in [-0.4, -0.2) is 33.0 Å². The van der Waals surface area contributed by atoms with Gasteiger partial charge in [0.05, 0.1) is 11.4 Å². The molecule has 118 valence electrons. The van der Waals surface area contributed by atoms with Crippen LogP contribution in [0.15, 0.2) is 12.1 Å². The lowest BCUT2D eigenvalue weighted by molar-refractivity contribution is 0.252. The highest BCUT2D eigenvalue weighted by molar-refractivity contribution is 7.90. The van der Waals surface area contributed by atoms with Gasteiger partial charge < -0.3 is 10.6 Å². The minimum absolute atomic E-state index is 0.0775. The van der Waals surface area contributed by atoms with Crippen LogP contribution in [0.1, 0.15) is 25.0 Å². The highest BCUT2D eigenvalue weighted by Crippen LogP contribution is 2.29. The molecule has 21 heavy (non-hydrogen) atoms. The number of nitrogens with one attached hydrogen (secondary N) is 2. The summed E-state index contributed by atoms with van der Waals surface area (Å²) in [6.45, 7) is 4.04. The number of carbonyl (C=O) groups excluding carboxylic acids is 1.